The highest BCUT2D eigenvalue weighted by Gasteiger charge is 2.34. The van der Waals surface area contributed by atoms with Crippen LogP contribution in [0.5, 0.6) is 0 Å². The van der Waals surface area contributed by atoms with Crippen LogP contribution in [0.2, 0.25) is 0 Å². The number of halogens is 4. The third-order valence-electron chi connectivity index (χ3n) is 2.76. The van der Waals surface area contributed by atoms with E-state index in [4.69, 9.17) is 0 Å². The molecule has 0 spiro atoms. The van der Waals surface area contributed by atoms with Crippen molar-refractivity contribution in [2.45, 2.75) is 12.8 Å². The number of aliphatic hydroxyl groups excluding tert-OH is 1. The van der Waals surface area contributed by atoms with E-state index < -0.39 is 24.2 Å². The van der Waals surface area contributed by atoms with Gasteiger partial charge in [-0.2, -0.15) is 13.2 Å². The first-order valence-electron chi connectivity index (χ1n) is 5.49. The maximum absolute atomic E-state index is 13.0. The van der Waals surface area contributed by atoms with Crippen LogP contribution in [0, 0.1) is 5.82 Å². The van der Waals surface area contributed by atoms with Gasteiger partial charge in [-0.15, -0.1) is 0 Å². The van der Waals surface area contributed by atoms with Crippen LogP contribution in [-0.4, -0.2) is 5.11 Å². The lowest BCUT2D eigenvalue weighted by molar-refractivity contribution is -0.137. The van der Waals surface area contributed by atoms with Gasteiger partial charge in [0.1, 0.15) is 5.82 Å². The van der Waals surface area contributed by atoms with Gasteiger partial charge in [0.2, 0.25) is 0 Å². The highest BCUT2D eigenvalue weighted by molar-refractivity contribution is 5.71. The second-order valence-electron chi connectivity index (χ2n) is 4.00. The first-order chi connectivity index (χ1) is 8.93. The van der Waals surface area contributed by atoms with E-state index in [2.05, 4.69) is 0 Å². The number of hydrogen-bond donors (Lipinski definition) is 1. The predicted octanol–water partition coefficient (Wildman–Crippen LogP) is 4.00. The van der Waals surface area contributed by atoms with E-state index in [1.807, 2.05) is 0 Å². The Balaban J connectivity index is 2.69. The molecule has 0 atom stereocenters. The van der Waals surface area contributed by atoms with Crippen LogP contribution in [0.1, 0.15) is 11.1 Å². The summed E-state index contributed by atoms with van der Waals surface area (Å²) in [5.41, 5.74) is -0.581. The molecule has 0 unspecified atom stereocenters. The van der Waals surface area contributed by atoms with Crippen LogP contribution in [0.4, 0.5) is 17.6 Å². The molecule has 2 rings (SSSR count). The van der Waals surface area contributed by atoms with Crippen LogP contribution in [0.3, 0.4) is 0 Å². The number of aliphatic hydroxyl groups is 1. The maximum atomic E-state index is 13.0. The number of rotatable bonds is 2. The van der Waals surface area contributed by atoms with E-state index in [9.17, 15) is 22.7 Å². The SMILES string of the molecule is OCc1cccc(C(F)(F)F)c1-c1ccc(F)cc1. The standard InChI is InChI=1S/C14H10F4O/c15-11-6-4-9(5-7-11)13-10(8-19)2-1-3-12(13)14(16,17)18/h1-7,19H,8H2. The Morgan fingerprint density at radius 1 is 0.947 bits per heavy atom. The molecule has 1 N–H and O–H groups in total. The highest BCUT2D eigenvalue weighted by Crippen LogP contribution is 2.39. The van der Waals surface area contributed by atoms with Gasteiger partial charge in [-0.05, 0) is 34.9 Å². The zero-order chi connectivity index (χ0) is 14.0. The summed E-state index contributed by atoms with van der Waals surface area (Å²) in [7, 11) is 0. The van der Waals surface area contributed by atoms with E-state index in [1.54, 1.807) is 0 Å². The number of alkyl halides is 3. The zero-order valence-corrected chi connectivity index (χ0v) is 9.71. The lowest BCUT2D eigenvalue weighted by Crippen LogP contribution is -2.09. The van der Waals surface area contributed by atoms with Crippen molar-refractivity contribution in [3.05, 3.63) is 59.4 Å². The highest BCUT2D eigenvalue weighted by atomic mass is 19.4. The normalized spacial score (nSPS) is 11.6. The maximum Gasteiger partial charge on any atom is 0.417 e. The zero-order valence-electron chi connectivity index (χ0n) is 9.71. The van der Waals surface area contributed by atoms with Gasteiger partial charge in [0.15, 0.2) is 0 Å². The summed E-state index contributed by atoms with van der Waals surface area (Å²) in [6.45, 7) is -0.517. The van der Waals surface area contributed by atoms with Gasteiger partial charge >= 0.3 is 6.18 Å². The van der Waals surface area contributed by atoms with Crippen molar-refractivity contribution in [3.63, 3.8) is 0 Å². The largest absolute Gasteiger partial charge is 0.417 e. The Morgan fingerprint density at radius 2 is 1.58 bits per heavy atom. The Bertz CT molecular complexity index is 573. The van der Waals surface area contributed by atoms with E-state index >= 15 is 0 Å². The van der Waals surface area contributed by atoms with Gasteiger partial charge in [-0.25, -0.2) is 4.39 Å². The Kier molecular flexibility index (Phi) is 3.57. The van der Waals surface area contributed by atoms with Gasteiger partial charge in [0.25, 0.3) is 0 Å². The molecule has 0 radical (unpaired) electrons. The third-order valence-corrected chi connectivity index (χ3v) is 2.76. The van der Waals surface area contributed by atoms with Crippen molar-refractivity contribution in [1.82, 2.24) is 0 Å². The van der Waals surface area contributed by atoms with Gasteiger partial charge in [-0.1, -0.05) is 24.3 Å². The lowest BCUT2D eigenvalue weighted by atomic mass is 9.94. The molecule has 0 aliphatic rings. The minimum Gasteiger partial charge on any atom is -0.392 e. The summed E-state index contributed by atoms with van der Waals surface area (Å²) < 4.78 is 51.8. The van der Waals surface area contributed by atoms with Gasteiger partial charge < -0.3 is 5.11 Å². The molecule has 0 aromatic heterocycles. The molecule has 0 heterocycles. The van der Waals surface area contributed by atoms with Crippen molar-refractivity contribution in [3.8, 4) is 11.1 Å². The quantitative estimate of drug-likeness (QED) is 0.818. The first kappa shape index (κ1) is 13.5. The topological polar surface area (TPSA) is 20.2 Å². The first-order valence-corrected chi connectivity index (χ1v) is 5.49. The molecular formula is C14H10F4O. The molecular weight excluding hydrogens is 260 g/mol. The minimum absolute atomic E-state index is 0.113. The van der Waals surface area contributed by atoms with Crippen molar-refractivity contribution in [2.24, 2.45) is 0 Å². The van der Waals surface area contributed by atoms with Crippen molar-refractivity contribution >= 4 is 0 Å². The van der Waals surface area contributed by atoms with Crippen molar-refractivity contribution in [1.29, 1.82) is 0 Å². The predicted molar refractivity (Wildman–Crippen MR) is 62.8 cm³/mol. The van der Waals surface area contributed by atoms with Crippen LogP contribution in [0.25, 0.3) is 11.1 Å². The molecule has 2 aromatic rings. The molecule has 0 saturated carbocycles. The molecule has 0 saturated heterocycles. The van der Waals surface area contributed by atoms with Gasteiger partial charge in [0, 0.05) is 0 Å². The molecule has 1 nitrogen and oxygen atoms in total. The van der Waals surface area contributed by atoms with E-state index in [-0.39, 0.29) is 16.7 Å². The molecule has 19 heavy (non-hydrogen) atoms. The van der Waals surface area contributed by atoms with E-state index in [0.29, 0.717) is 0 Å². The molecule has 0 bridgehead atoms. The van der Waals surface area contributed by atoms with E-state index in [1.165, 1.54) is 24.3 Å². The van der Waals surface area contributed by atoms with Crippen LogP contribution in [0.15, 0.2) is 42.5 Å². The van der Waals surface area contributed by atoms with Crippen LogP contribution < -0.4 is 0 Å². The average molecular weight is 270 g/mol. The van der Waals surface area contributed by atoms with Gasteiger partial charge in [-0.3, -0.25) is 0 Å². The molecule has 0 aliphatic heterocycles. The molecule has 5 heteroatoms. The van der Waals surface area contributed by atoms with Crippen molar-refractivity contribution in [2.75, 3.05) is 0 Å². The molecule has 100 valence electrons. The summed E-state index contributed by atoms with van der Waals surface area (Å²) in [4.78, 5) is 0. The number of hydrogen-bond acceptors (Lipinski definition) is 1. The molecule has 0 fully saturated rings. The van der Waals surface area contributed by atoms with E-state index in [0.717, 1.165) is 18.2 Å². The monoisotopic (exact) mass is 270 g/mol. The fraction of sp³-hybridized carbons (Fsp3) is 0.143. The van der Waals surface area contributed by atoms with Gasteiger partial charge in [0.05, 0.1) is 12.2 Å². The Labute approximate surface area is 107 Å². The second kappa shape index (κ2) is 5.01. The second-order valence-corrected chi connectivity index (χ2v) is 4.00. The lowest BCUT2D eigenvalue weighted by Gasteiger charge is -2.16. The summed E-state index contributed by atoms with van der Waals surface area (Å²) in [5.74, 6) is -0.529. The van der Waals surface area contributed by atoms with Crippen molar-refractivity contribution < 1.29 is 22.7 Å². The summed E-state index contributed by atoms with van der Waals surface area (Å²) in [5, 5.41) is 9.18. The fourth-order valence-corrected chi connectivity index (χ4v) is 1.93. The smallest absolute Gasteiger partial charge is 0.392 e. The summed E-state index contributed by atoms with van der Waals surface area (Å²) >= 11 is 0. The van der Waals surface area contributed by atoms with Crippen LogP contribution >= 0.6 is 0 Å². The number of benzene rings is 2. The molecule has 2 aromatic carbocycles. The Morgan fingerprint density at radius 3 is 2.11 bits per heavy atom. The minimum atomic E-state index is -4.53. The Hall–Kier alpha value is -1.88. The summed E-state index contributed by atoms with van der Waals surface area (Å²) in [6, 6.07) is 8.29. The molecule has 0 aliphatic carbocycles. The fourth-order valence-electron chi connectivity index (χ4n) is 1.93. The van der Waals surface area contributed by atoms with Crippen LogP contribution in [-0.2, 0) is 12.8 Å². The third kappa shape index (κ3) is 2.76. The average Bonchev–Trinajstić information content (AvgIpc) is 2.38. The summed E-state index contributed by atoms with van der Waals surface area (Å²) in [6.07, 6.45) is -4.53. The molecule has 0 amide bonds.